The zero-order valence-corrected chi connectivity index (χ0v) is 30.4. The van der Waals surface area contributed by atoms with Gasteiger partial charge in [-0.3, -0.25) is 0 Å². The van der Waals surface area contributed by atoms with E-state index in [0.717, 1.165) is 82.9 Å². The van der Waals surface area contributed by atoms with Crippen molar-refractivity contribution in [2.24, 2.45) is 15.7 Å². The van der Waals surface area contributed by atoms with Gasteiger partial charge in [-0.2, -0.15) is 0 Å². The molecule has 3 aromatic heterocycles. The second-order valence-corrected chi connectivity index (χ2v) is 13.7. The Kier molecular flexibility index (Phi) is 8.22. The van der Waals surface area contributed by atoms with E-state index in [0.29, 0.717) is 11.7 Å². The van der Waals surface area contributed by atoms with Gasteiger partial charge < -0.3 is 14.9 Å². The molecular weight excluding hydrogens is 687 g/mol. The first-order valence-electron chi connectivity index (χ1n) is 18.6. The summed E-state index contributed by atoms with van der Waals surface area (Å²) < 4.78 is 4.43. The van der Waals surface area contributed by atoms with Crippen LogP contribution in [0.25, 0.3) is 71.8 Å². The van der Waals surface area contributed by atoms with Gasteiger partial charge in [-0.15, -0.1) is 10.2 Å². The predicted octanol–water partition coefficient (Wildman–Crippen LogP) is 10.8. The molecule has 0 unspecified atom stereocenters. The zero-order chi connectivity index (χ0) is 37.4. The molecule has 0 saturated carbocycles. The van der Waals surface area contributed by atoms with E-state index in [-0.39, 0.29) is 6.67 Å². The van der Waals surface area contributed by atoms with Crippen LogP contribution in [0.15, 0.2) is 198 Å². The fourth-order valence-electron chi connectivity index (χ4n) is 7.73. The van der Waals surface area contributed by atoms with Crippen LogP contribution in [0, 0.1) is 0 Å². The first-order valence-corrected chi connectivity index (χ1v) is 18.6. The van der Waals surface area contributed by atoms with Crippen molar-refractivity contribution in [1.82, 2.24) is 19.3 Å². The van der Waals surface area contributed by atoms with E-state index in [2.05, 4.69) is 130 Å². The molecule has 10 rings (SSSR count). The predicted molar refractivity (Wildman–Crippen MR) is 230 cm³/mol. The van der Waals surface area contributed by atoms with E-state index < -0.39 is 0 Å². The van der Waals surface area contributed by atoms with Crippen LogP contribution in [0.1, 0.15) is 11.1 Å². The highest BCUT2D eigenvalue weighted by Gasteiger charge is 2.22. The minimum atomic E-state index is 0.238. The average molecular weight is 722 g/mol. The SMILES string of the molecule is NC(=N/C(=N\Cn1c2ccccc2c2c1nnc1c3ccccc3n(-c3ccccc3)c12)c1cccc(-c2ccccc2)c1)c1cccc(-c2ccccc2)c1. The molecule has 0 aliphatic carbocycles. The number of nitrogens with two attached hydrogens (primary N) is 1. The number of hydrogen-bond acceptors (Lipinski definition) is 3. The molecule has 7 nitrogen and oxygen atoms in total. The van der Waals surface area contributed by atoms with Crippen LogP contribution in [-0.4, -0.2) is 31.0 Å². The number of nitrogens with zero attached hydrogens (tertiary/aromatic N) is 6. The molecule has 2 N–H and O–H groups in total. The van der Waals surface area contributed by atoms with Crippen molar-refractivity contribution in [3.05, 3.63) is 199 Å². The Hall–Kier alpha value is -7.64. The maximum absolute atomic E-state index is 6.87. The third kappa shape index (κ3) is 5.79. The summed E-state index contributed by atoms with van der Waals surface area (Å²) in [5.74, 6) is 0.895. The van der Waals surface area contributed by atoms with Gasteiger partial charge in [-0.25, -0.2) is 9.98 Å². The van der Waals surface area contributed by atoms with Crippen molar-refractivity contribution in [3.8, 4) is 27.9 Å². The molecule has 0 saturated heterocycles. The van der Waals surface area contributed by atoms with Crippen molar-refractivity contribution in [2.75, 3.05) is 0 Å². The number of amidine groups is 2. The highest BCUT2D eigenvalue weighted by Crippen LogP contribution is 2.39. The summed E-state index contributed by atoms with van der Waals surface area (Å²) >= 11 is 0. The molecule has 0 fully saturated rings. The molecular formula is C49H35N7. The van der Waals surface area contributed by atoms with E-state index in [4.69, 9.17) is 25.9 Å². The summed E-state index contributed by atoms with van der Waals surface area (Å²) in [5, 5.41) is 13.0. The number of hydrogen-bond donors (Lipinski definition) is 1. The lowest BCUT2D eigenvalue weighted by molar-refractivity contribution is 0.776. The minimum Gasteiger partial charge on any atom is -0.383 e. The summed E-state index contributed by atoms with van der Waals surface area (Å²) in [7, 11) is 0. The number of benzene rings is 7. The lowest BCUT2D eigenvalue weighted by Crippen LogP contribution is -2.17. The minimum absolute atomic E-state index is 0.238. The molecule has 0 aliphatic rings. The summed E-state index contributed by atoms with van der Waals surface area (Å²) in [4.78, 5) is 10.3. The van der Waals surface area contributed by atoms with Gasteiger partial charge in [0.05, 0.1) is 21.9 Å². The molecule has 0 radical (unpaired) electrons. The van der Waals surface area contributed by atoms with E-state index in [1.165, 1.54) is 0 Å². The molecule has 7 heteroatoms. The van der Waals surface area contributed by atoms with Crippen LogP contribution in [0.4, 0.5) is 0 Å². The largest absolute Gasteiger partial charge is 0.383 e. The molecule has 3 heterocycles. The number of rotatable bonds is 7. The van der Waals surface area contributed by atoms with Gasteiger partial charge in [0.2, 0.25) is 0 Å². The number of aromatic nitrogens is 4. The van der Waals surface area contributed by atoms with Crippen LogP contribution in [0.5, 0.6) is 0 Å². The molecule has 0 atom stereocenters. The average Bonchev–Trinajstić information content (AvgIpc) is 3.78. The number of fused-ring (bicyclic) bond motifs is 7. The Morgan fingerprint density at radius 2 is 1.07 bits per heavy atom. The number of aliphatic imine (C=N–C) groups is 2. The Bertz CT molecular complexity index is 3110. The van der Waals surface area contributed by atoms with Gasteiger partial charge >= 0.3 is 0 Å². The highest BCUT2D eigenvalue weighted by atomic mass is 15.2. The number of para-hydroxylation sites is 3. The second kappa shape index (κ2) is 14.0. The Balaban J connectivity index is 1.16. The van der Waals surface area contributed by atoms with Gasteiger partial charge in [-0.05, 0) is 58.7 Å². The van der Waals surface area contributed by atoms with Crippen molar-refractivity contribution < 1.29 is 0 Å². The zero-order valence-electron chi connectivity index (χ0n) is 30.4. The Labute approximate surface area is 323 Å². The van der Waals surface area contributed by atoms with Gasteiger partial charge in [0.15, 0.2) is 11.5 Å². The first-order chi connectivity index (χ1) is 27.7. The molecule has 266 valence electrons. The maximum atomic E-state index is 6.87. The Morgan fingerprint density at radius 1 is 0.518 bits per heavy atom. The normalized spacial score (nSPS) is 12.3. The van der Waals surface area contributed by atoms with Gasteiger partial charge in [0, 0.05) is 27.6 Å². The Morgan fingerprint density at radius 3 is 1.77 bits per heavy atom. The maximum Gasteiger partial charge on any atom is 0.167 e. The molecule has 56 heavy (non-hydrogen) atoms. The molecule has 0 bridgehead atoms. The van der Waals surface area contributed by atoms with Gasteiger partial charge in [0.25, 0.3) is 0 Å². The quantitative estimate of drug-likeness (QED) is 0.131. The van der Waals surface area contributed by atoms with Crippen LogP contribution in [0.3, 0.4) is 0 Å². The topological polar surface area (TPSA) is 86.4 Å². The molecule has 0 aliphatic heterocycles. The summed E-state index contributed by atoms with van der Waals surface area (Å²) in [6, 6.07) is 64.3. The molecule has 7 aromatic carbocycles. The van der Waals surface area contributed by atoms with E-state index in [1.807, 2.05) is 66.7 Å². The second-order valence-electron chi connectivity index (χ2n) is 13.7. The van der Waals surface area contributed by atoms with Crippen LogP contribution in [0.2, 0.25) is 0 Å². The molecule has 0 amide bonds. The van der Waals surface area contributed by atoms with Crippen molar-refractivity contribution in [1.29, 1.82) is 0 Å². The fraction of sp³-hybridized carbons (Fsp3) is 0.0204. The van der Waals surface area contributed by atoms with Crippen LogP contribution >= 0.6 is 0 Å². The van der Waals surface area contributed by atoms with Crippen LogP contribution < -0.4 is 5.73 Å². The lowest BCUT2D eigenvalue weighted by atomic mass is 10.0. The molecule has 0 spiro atoms. The summed E-state index contributed by atoms with van der Waals surface area (Å²) in [6.07, 6.45) is 0. The molecule has 10 aromatic rings. The van der Waals surface area contributed by atoms with E-state index >= 15 is 0 Å². The third-order valence-corrected chi connectivity index (χ3v) is 10.4. The standard InChI is InChI=1S/C49H35N7/c50-47(37-22-14-20-35(30-37)33-16-4-1-5-17-33)52-48(38-23-15-21-36(31-38)34-18-6-2-7-19-34)51-32-55-42-28-12-10-26-40(42)44-46-45(53-54-49(44)55)41-27-11-13-29-43(41)56(46)39-24-8-3-9-25-39/h1-31H,32H2,(H2,50,51,52). The van der Waals surface area contributed by atoms with Gasteiger partial charge in [0.1, 0.15) is 18.0 Å². The van der Waals surface area contributed by atoms with Crippen molar-refractivity contribution in [3.63, 3.8) is 0 Å². The van der Waals surface area contributed by atoms with Crippen molar-refractivity contribution in [2.45, 2.75) is 6.67 Å². The summed E-state index contributed by atoms with van der Waals surface area (Å²) in [5.41, 5.74) is 18.6. The van der Waals surface area contributed by atoms with Crippen LogP contribution in [-0.2, 0) is 6.67 Å². The highest BCUT2D eigenvalue weighted by molar-refractivity contribution is 6.23. The lowest BCUT2D eigenvalue weighted by Gasteiger charge is -2.10. The van der Waals surface area contributed by atoms with Crippen molar-refractivity contribution >= 4 is 55.5 Å². The third-order valence-electron chi connectivity index (χ3n) is 10.4. The summed E-state index contributed by atoms with van der Waals surface area (Å²) in [6.45, 7) is 0.238. The van der Waals surface area contributed by atoms with E-state index in [9.17, 15) is 0 Å². The monoisotopic (exact) mass is 721 g/mol. The van der Waals surface area contributed by atoms with E-state index in [1.54, 1.807) is 0 Å². The smallest absolute Gasteiger partial charge is 0.167 e. The van der Waals surface area contributed by atoms with Gasteiger partial charge in [-0.1, -0.05) is 152 Å². The fourth-order valence-corrected chi connectivity index (χ4v) is 7.73. The first kappa shape index (κ1) is 33.0.